The largest absolute Gasteiger partial charge is 0.391 e. The first kappa shape index (κ1) is 10.6. The van der Waals surface area contributed by atoms with Crippen LogP contribution in [0.5, 0.6) is 0 Å². The highest BCUT2D eigenvalue weighted by atomic mass is 35.5. The molecule has 1 N–H and O–H groups in total. The molecule has 2 nitrogen and oxygen atoms in total. The van der Waals surface area contributed by atoms with Gasteiger partial charge in [0.2, 0.25) is 0 Å². The van der Waals surface area contributed by atoms with E-state index in [2.05, 4.69) is 4.98 Å². The van der Waals surface area contributed by atoms with Crippen LogP contribution in [0.1, 0.15) is 15.4 Å². The average Bonchev–Trinajstić information content (AvgIpc) is 2.65. The second kappa shape index (κ2) is 4.75. The van der Waals surface area contributed by atoms with Crippen molar-refractivity contribution >= 4 is 22.9 Å². The van der Waals surface area contributed by atoms with Crippen LogP contribution in [0.25, 0.3) is 0 Å². The summed E-state index contributed by atoms with van der Waals surface area (Å²) in [6.45, 7) is 0.0627. The van der Waals surface area contributed by atoms with Crippen molar-refractivity contribution in [1.82, 2.24) is 4.98 Å². The summed E-state index contributed by atoms with van der Waals surface area (Å²) in [4.78, 5) is 5.12. The lowest BCUT2D eigenvalue weighted by Gasteiger charge is -1.97. The van der Waals surface area contributed by atoms with Crippen LogP contribution >= 0.6 is 22.9 Å². The van der Waals surface area contributed by atoms with E-state index in [1.807, 2.05) is 24.3 Å². The van der Waals surface area contributed by atoms with Crippen LogP contribution in [0, 0.1) is 0 Å². The van der Waals surface area contributed by atoms with Crippen molar-refractivity contribution in [2.24, 2.45) is 0 Å². The molecule has 2 aromatic rings. The highest BCUT2D eigenvalue weighted by molar-refractivity contribution is 7.11. The number of benzene rings is 1. The summed E-state index contributed by atoms with van der Waals surface area (Å²) in [6.07, 6.45) is 2.48. The number of hydrogen-bond donors (Lipinski definition) is 1. The van der Waals surface area contributed by atoms with Gasteiger partial charge in [0.25, 0.3) is 0 Å². The second-order valence-corrected chi connectivity index (χ2v) is 4.82. The predicted octanol–water partition coefficient (Wildman–Crippen LogP) is 2.88. The Hall–Kier alpha value is -0.900. The van der Waals surface area contributed by atoms with Crippen LogP contribution in [0.2, 0.25) is 5.02 Å². The molecule has 1 aromatic heterocycles. The summed E-state index contributed by atoms with van der Waals surface area (Å²) in [5.74, 6) is 0. The first-order chi connectivity index (χ1) is 7.28. The maximum atomic E-state index is 8.91. The fourth-order valence-corrected chi connectivity index (χ4v) is 2.35. The quantitative estimate of drug-likeness (QED) is 0.894. The lowest BCUT2D eigenvalue weighted by Crippen LogP contribution is -1.85. The Labute approximate surface area is 97.2 Å². The van der Waals surface area contributed by atoms with Crippen LogP contribution in [0.4, 0.5) is 0 Å². The van der Waals surface area contributed by atoms with Gasteiger partial charge in [0.15, 0.2) is 0 Å². The number of aliphatic hydroxyl groups is 1. The van der Waals surface area contributed by atoms with Crippen molar-refractivity contribution in [3.8, 4) is 0 Å². The van der Waals surface area contributed by atoms with E-state index in [-0.39, 0.29) is 6.61 Å². The molecular weight excluding hydrogens is 230 g/mol. The monoisotopic (exact) mass is 239 g/mol. The van der Waals surface area contributed by atoms with Crippen LogP contribution in [0.15, 0.2) is 30.5 Å². The van der Waals surface area contributed by atoms with Gasteiger partial charge in [0.05, 0.1) is 16.5 Å². The zero-order valence-electron chi connectivity index (χ0n) is 7.98. The number of aromatic nitrogens is 1. The van der Waals surface area contributed by atoms with Crippen molar-refractivity contribution < 1.29 is 5.11 Å². The maximum absolute atomic E-state index is 8.91. The minimum atomic E-state index is 0.0627. The van der Waals surface area contributed by atoms with E-state index < -0.39 is 0 Å². The fourth-order valence-electron chi connectivity index (χ4n) is 1.32. The van der Waals surface area contributed by atoms with Crippen molar-refractivity contribution in [2.75, 3.05) is 0 Å². The third-order valence-corrected chi connectivity index (χ3v) is 3.22. The van der Waals surface area contributed by atoms with E-state index in [4.69, 9.17) is 16.7 Å². The minimum absolute atomic E-state index is 0.0627. The van der Waals surface area contributed by atoms with E-state index in [9.17, 15) is 0 Å². The van der Waals surface area contributed by atoms with Gasteiger partial charge >= 0.3 is 0 Å². The van der Waals surface area contributed by atoms with Crippen LogP contribution in [0.3, 0.4) is 0 Å². The van der Waals surface area contributed by atoms with Gasteiger partial charge in [-0.3, -0.25) is 0 Å². The summed E-state index contributed by atoms with van der Waals surface area (Å²) in [5, 5.41) is 10.7. The summed E-state index contributed by atoms with van der Waals surface area (Å²) in [5.41, 5.74) is 1.14. The number of thiazole rings is 1. The third kappa shape index (κ3) is 2.78. The summed E-state index contributed by atoms with van der Waals surface area (Å²) < 4.78 is 0. The molecule has 0 aliphatic carbocycles. The Bertz CT molecular complexity index is 455. The maximum Gasteiger partial charge on any atom is 0.0972 e. The number of aliphatic hydroxyl groups excluding tert-OH is 1. The van der Waals surface area contributed by atoms with Gasteiger partial charge in [-0.2, -0.15) is 0 Å². The molecule has 0 fully saturated rings. The van der Waals surface area contributed by atoms with Gasteiger partial charge in [-0.15, -0.1) is 11.3 Å². The fraction of sp³-hybridized carbons (Fsp3) is 0.182. The molecule has 0 amide bonds. The van der Waals surface area contributed by atoms with E-state index in [1.165, 1.54) is 11.3 Å². The van der Waals surface area contributed by atoms with E-state index in [0.717, 1.165) is 26.9 Å². The van der Waals surface area contributed by atoms with E-state index in [1.54, 1.807) is 6.20 Å². The Kier molecular flexibility index (Phi) is 3.36. The molecule has 0 saturated carbocycles. The van der Waals surface area contributed by atoms with Crippen molar-refractivity contribution in [2.45, 2.75) is 13.0 Å². The van der Waals surface area contributed by atoms with Gasteiger partial charge < -0.3 is 5.11 Å². The van der Waals surface area contributed by atoms with Crippen molar-refractivity contribution in [3.05, 3.63) is 50.9 Å². The summed E-state index contributed by atoms with van der Waals surface area (Å²) >= 11 is 7.42. The van der Waals surface area contributed by atoms with Gasteiger partial charge in [-0.1, -0.05) is 23.7 Å². The second-order valence-electron chi connectivity index (χ2n) is 3.19. The highest BCUT2D eigenvalue weighted by Crippen LogP contribution is 2.18. The van der Waals surface area contributed by atoms with Crippen molar-refractivity contribution in [3.63, 3.8) is 0 Å². The van der Waals surface area contributed by atoms with Gasteiger partial charge in [0.1, 0.15) is 0 Å². The van der Waals surface area contributed by atoms with Crippen LogP contribution in [-0.4, -0.2) is 10.1 Å². The minimum Gasteiger partial charge on any atom is -0.391 e. The number of nitrogens with zero attached hydrogens (tertiary/aromatic N) is 1. The van der Waals surface area contributed by atoms with Gasteiger partial charge in [-0.05, 0) is 17.7 Å². The Morgan fingerprint density at radius 2 is 2.27 bits per heavy atom. The average molecular weight is 240 g/mol. The zero-order chi connectivity index (χ0) is 10.7. The molecule has 0 spiro atoms. The molecule has 0 atom stereocenters. The normalized spacial score (nSPS) is 10.5. The highest BCUT2D eigenvalue weighted by Gasteiger charge is 2.02. The Balaban J connectivity index is 2.14. The Morgan fingerprint density at radius 3 is 2.93 bits per heavy atom. The topological polar surface area (TPSA) is 33.1 Å². The first-order valence-corrected chi connectivity index (χ1v) is 5.76. The zero-order valence-corrected chi connectivity index (χ0v) is 9.55. The number of rotatable bonds is 3. The smallest absolute Gasteiger partial charge is 0.0972 e. The molecule has 0 saturated heterocycles. The molecule has 0 bridgehead atoms. The van der Waals surface area contributed by atoms with Crippen LogP contribution in [-0.2, 0) is 13.0 Å². The molecule has 4 heteroatoms. The predicted molar refractivity (Wildman–Crippen MR) is 62.3 cm³/mol. The molecular formula is C11H10ClNOS. The molecule has 0 radical (unpaired) electrons. The summed E-state index contributed by atoms with van der Waals surface area (Å²) in [7, 11) is 0. The molecule has 0 aliphatic rings. The molecule has 0 unspecified atom stereocenters. The van der Waals surface area contributed by atoms with Gasteiger partial charge in [0, 0.05) is 17.6 Å². The number of halogens is 1. The SMILES string of the molecule is OCc1cnc(Cc2cccc(Cl)c2)s1. The standard InChI is InChI=1S/C11H10ClNOS/c12-9-3-1-2-8(4-9)5-11-13-6-10(7-14)15-11/h1-4,6,14H,5,7H2. The number of hydrogen-bond acceptors (Lipinski definition) is 3. The van der Waals surface area contributed by atoms with E-state index in [0.29, 0.717) is 0 Å². The molecule has 0 aliphatic heterocycles. The van der Waals surface area contributed by atoms with Crippen molar-refractivity contribution in [1.29, 1.82) is 0 Å². The lowest BCUT2D eigenvalue weighted by atomic mass is 10.2. The molecule has 2 rings (SSSR count). The molecule has 15 heavy (non-hydrogen) atoms. The van der Waals surface area contributed by atoms with Gasteiger partial charge in [-0.25, -0.2) is 4.98 Å². The molecule has 78 valence electrons. The van der Waals surface area contributed by atoms with Crippen LogP contribution < -0.4 is 0 Å². The summed E-state index contributed by atoms with van der Waals surface area (Å²) in [6, 6.07) is 7.73. The Morgan fingerprint density at radius 1 is 1.40 bits per heavy atom. The first-order valence-electron chi connectivity index (χ1n) is 4.57. The van der Waals surface area contributed by atoms with E-state index >= 15 is 0 Å². The lowest BCUT2D eigenvalue weighted by molar-refractivity contribution is 0.285. The third-order valence-electron chi connectivity index (χ3n) is 2.00. The molecule has 1 heterocycles. The molecule has 1 aromatic carbocycles.